The summed E-state index contributed by atoms with van der Waals surface area (Å²) in [6, 6.07) is 2.30. The third-order valence-electron chi connectivity index (χ3n) is 2.68. The van der Waals surface area contributed by atoms with Crippen molar-refractivity contribution in [1.29, 1.82) is 5.26 Å². The van der Waals surface area contributed by atoms with E-state index in [1.807, 2.05) is 6.92 Å². The summed E-state index contributed by atoms with van der Waals surface area (Å²) < 4.78 is 0.421. The molecule has 2 nitrogen and oxygen atoms in total. The van der Waals surface area contributed by atoms with Gasteiger partial charge in [-0.05, 0) is 19.9 Å². The van der Waals surface area contributed by atoms with E-state index in [0.29, 0.717) is 4.75 Å². The van der Waals surface area contributed by atoms with Crippen LogP contribution in [0.5, 0.6) is 0 Å². The smallest absolute Gasteiger partial charge is 0.0666 e. The number of hydrogen-bond donors (Lipinski definition) is 0. The van der Waals surface area contributed by atoms with Crippen LogP contribution in [0.15, 0.2) is 0 Å². The minimum Gasteiger partial charge on any atom is -0.301 e. The molecular weight excluding hydrogens is 192 g/mol. The fourth-order valence-corrected chi connectivity index (χ4v) is 2.81. The van der Waals surface area contributed by atoms with Crippen molar-refractivity contribution in [3.63, 3.8) is 0 Å². The van der Waals surface area contributed by atoms with Crippen molar-refractivity contribution in [1.82, 2.24) is 4.90 Å². The lowest BCUT2D eigenvalue weighted by Gasteiger charge is -2.23. The van der Waals surface area contributed by atoms with Crippen molar-refractivity contribution in [3.05, 3.63) is 0 Å². The van der Waals surface area contributed by atoms with Gasteiger partial charge in [-0.15, -0.1) is 0 Å². The molecular formula is C11H20N2S. The van der Waals surface area contributed by atoms with Crippen molar-refractivity contribution >= 4 is 11.8 Å². The van der Waals surface area contributed by atoms with Gasteiger partial charge < -0.3 is 4.90 Å². The molecule has 0 aliphatic carbocycles. The van der Waals surface area contributed by atoms with Crippen LogP contribution >= 0.6 is 11.8 Å². The molecule has 0 radical (unpaired) electrons. The average Bonchev–Trinajstić information content (AvgIpc) is 2.28. The fraction of sp³-hybridized carbons (Fsp3) is 0.909. The van der Waals surface area contributed by atoms with Gasteiger partial charge in [0.05, 0.1) is 12.0 Å². The Morgan fingerprint density at radius 3 is 2.86 bits per heavy atom. The molecule has 1 heterocycles. The van der Waals surface area contributed by atoms with Gasteiger partial charge in [0.25, 0.3) is 0 Å². The molecule has 3 heteroatoms. The SMILES string of the molecule is CC(C#N)CN1CCSC(C)(C)CC1. The third kappa shape index (κ3) is 3.89. The van der Waals surface area contributed by atoms with Crippen molar-refractivity contribution < 1.29 is 0 Å². The van der Waals surface area contributed by atoms with Crippen LogP contribution in [0.1, 0.15) is 27.2 Å². The molecule has 1 saturated heterocycles. The number of thioether (sulfide) groups is 1. The van der Waals surface area contributed by atoms with Crippen molar-refractivity contribution in [3.8, 4) is 6.07 Å². The summed E-state index contributed by atoms with van der Waals surface area (Å²) in [5.41, 5.74) is 0. The standard InChI is InChI=1S/C11H20N2S/c1-10(8-12)9-13-5-4-11(2,3)14-7-6-13/h10H,4-7,9H2,1-3H3. The first kappa shape index (κ1) is 11.9. The predicted octanol–water partition coefficient (Wildman–Crippen LogP) is 2.36. The van der Waals surface area contributed by atoms with E-state index in [2.05, 4.69) is 36.6 Å². The van der Waals surface area contributed by atoms with Crippen molar-refractivity contribution in [2.45, 2.75) is 31.9 Å². The van der Waals surface area contributed by atoms with E-state index in [4.69, 9.17) is 5.26 Å². The third-order valence-corrected chi connectivity index (χ3v) is 4.06. The Labute approximate surface area is 91.7 Å². The summed E-state index contributed by atoms with van der Waals surface area (Å²) in [5.74, 6) is 1.37. The number of hydrogen-bond acceptors (Lipinski definition) is 3. The fourth-order valence-electron chi connectivity index (χ4n) is 1.67. The van der Waals surface area contributed by atoms with Gasteiger partial charge in [-0.1, -0.05) is 13.8 Å². The van der Waals surface area contributed by atoms with Crippen molar-refractivity contribution in [2.75, 3.05) is 25.4 Å². The number of nitriles is 1. The first-order valence-electron chi connectivity index (χ1n) is 5.29. The predicted molar refractivity (Wildman–Crippen MR) is 62.4 cm³/mol. The highest BCUT2D eigenvalue weighted by Gasteiger charge is 2.23. The molecule has 0 aromatic carbocycles. The second kappa shape index (κ2) is 5.04. The van der Waals surface area contributed by atoms with Crippen LogP contribution in [0.2, 0.25) is 0 Å². The van der Waals surface area contributed by atoms with Crippen LogP contribution in [0.25, 0.3) is 0 Å². The molecule has 0 spiro atoms. The van der Waals surface area contributed by atoms with Gasteiger partial charge in [-0.3, -0.25) is 0 Å². The summed E-state index contributed by atoms with van der Waals surface area (Å²) in [4.78, 5) is 2.43. The van der Waals surface area contributed by atoms with Crippen LogP contribution in [-0.4, -0.2) is 35.0 Å². The molecule has 0 aromatic heterocycles. The molecule has 0 saturated carbocycles. The van der Waals surface area contributed by atoms with Gasteiger partial charge in [0.15, 0.2) is 0 Å². The van der Waals surface area contributed by atoms with E-state index >= 15 is 0 Å². The molecule has 80 valence electrons. The molecule has 1 fully saturated rings. The number of nitrogens with zero attached hydrogens (tertiary/aromatic N) is 2. The van der Waals surface area contributed by atoms with E-state index in [0.717, 1.165) is 19.6 Å². The lowest BCUT2D eigenvalue weighted by molar-refractivity contribution is 0.265. The van der Waals surface area contributed by atoms with Gasteiger partial charge in [0, 0.05) is 23.6 Å². The Morgan fingerprint density at radius 1 is 1.50 bits per heavy atom. The zero-order valence-corrected chi connectivity index (χ0v) is 10.2. The largest absolute Gasteiger partial charge is 0.301 e. The Hall–Kier alpha value is -0.200. The normalized spacial score (nSPS) is 25.0. The topological polar surface area (TPSA) is 27.0 Å². The van der Waals surface area contributed by atoms with Gasteiger partial charge in [-0.2, -0.15) is 17.0 Å². The highest BCUT2D eigenvalue weighted by molar-refractivity contribution is 8.00. The summed E-state index contributed by atoms with van der Waals surface area (Å²) in [6.07, 6.45) is 1.23. The molecule has 0 aromatic rings. The maximum atomic E-state index is 8.76. The van der Waals surface area contributed by atoms with E-state index in [1.165, 1.54) is 12.2 Å². The Bertz CT molecular complexity index is 220. The maximum absolute atomic E-state index is 8.76. The molecule has 1 unspecified atom stereocenters. The summed E-state index contributed by atoms with van der Waals surface area (Å²) in [7, 11) is 0. The monoisotopic (exact) mass is 212 g/mol. The highest BCUT2D eigenvalue weighted by atomic mass is 32.2. The molecule has 0 bridgehead atoms. The minimum atomic E-state index is 0.168. The summed E-state index contributed by atoms with van der Waals surface area (Å²) >= 11 is 2.06. The quantitative estimate of drug-likeness (QED) is 0.703. The summed E-state index contributed by atoms with van der Waals surface area (Å²) in [6.45, 7) is 9.85. The molecule has 1 atom stereocenters. The lowest BCUT2D eigenvalue weighted by Crippen LogP contribution is -2.31. The van der Waals surface area contributed by atoms with Gasteiger partial charge in [0.2, 0.25) is 0 Å². The average molecular weight is 212 g/mol. The first-order valence-corrected chi connectivity index (χ1v) is 6.28. The van der Waals surface area contributed by atoms with E-state index in [9.17, 15) is 0 Å². The Balaban J connectivity index is 2.39. The molecule has 1 rings (SSSR count). The van der Waals surface area contributed by atoms with Crippen LogP contribution < -0.4 is 0 Å². The Morgan fingerprint density at radius 2 is 2.21 bits per heavy atom. The summed E-state index contributed by atoms with van der Waals surface area (Å²) in [5, 5.41) is 8.76. The van der Waals surface area contributed by atoms with E-state index < -0.39 is 0 Å². The lowest BCUT2D eigenvalue weighted by atomic mass is 10.1. The minimum absolute atomic E-state index is 0.168. The zero-order chi connectivity index (χ0) is 10.6. The Kier molecular flexibility index (Phi) is 4.28. The van der Waals surface area contributed by atoms with Gasteiger partial charge >= 0.3 is 0 Å². The van der Waals surface area contributed by atoms with E-state index in [1.54, 1.807) is 0 Å². The van der Waals surface area contributed by atoms with Gasteiger partial charge in [-0.25, -0.2) is 0 Å². The maximum Gasteiger partial charge on any atom is 0.0666 e. The molecule has 1 aliphatic rings. The van der Waals surface area contributed by atoms with Crippen LogP contribution in [0, 0.1) is 17.2 Å². The first-order chi connectivity index (χ1) is 6.53. The van der Waals surface area contributed by atoms with Gasteiger partial charge in [0.1, 0.15) is 0 Å². The second-order valence-corrected chi connectivity index (χ2v) is 6.49. The molecule has 0 amide bonds. The van der Waals surface area contributed by atoms with Crippen LogP contribution in [0.4, 0.5) is 0 Å². The van der Waals surface area contributed by atoms with E-state index in [-0.39, 0.29) is 5.92 Å². The molecule has 0 N–H and O–H groups in total. The van der Waals surface area contributed by atoms with Crippen LogP contribution in [0.3, 0.4) is 0 Å². The highest BCUT2D eigenvalue weighted by Crippen LogP contribution is 2.30. The molecule has 1 aliphatic heterocycles. The van der Waals surface area contributed by atoms with Crippen molar-refractivity contribution in [2.24, 2.45) is 5.92 Å². The zero-order valence-electron chi connectivity index (χ0n) is 9.42. The second-order valence-electron chi connectivity index (χ2n) is 4.69. The van der Waals surface area contributed by atoms with Crippen LogP contribution in [-0.2, 0) is 0 Å². The number of rotatable bonds is 2. The molecule has 14 heavy (non-hydrogen) atoms.